The Kier molecular flexibility index (Phi) is 9.85. The number of carbonyl (C=O) groups is 1. The topological polar surface area (TPSA) is 42.4 Å². The van der Waals surface area contributed by atoms with Crippen molar-refractivity contribution in [3.63, 3.8) is 0 Å². The van der Waals surface area contributed by atoms with Crippen LogP contribution < -0.4 is 4.84 Å². The standard InChI is InChI=1S/C19H27ClN2O2/c1-4-5-6-7-8-9-10-14-19(23)22(15-16(2)3)24-18-13-11-12-17(20)21-18/h8-14,16H,4-7,15H2,1-3H3/b9-8+,14-10+. The van der Waals surface area contributed by atoms with Crippen molar-refractivity contribution in [2.24, 2.45) is 5.92 Å². The number of allylic oxidation sites excluding steroid dienone is 3. The largest absolute Gasteiger partial charge is 0.356 e. The maximum atomic E-state index is 12.3. The van der Waals surface area contributed by atoms with Crippen LogP contribution >= 0.6 is 11.6 Å². The number of aromatic nitrogens is 1. The van der Waals surface area contributed by atoms with E-state index in [9.17, 15) is 4.79 Å². The first-order valence-corrected chi connectivity index (χ1v) is 8.86. The smallest absolute Gasteiger partial charge is 0.279 e. The molecule has 1 heterocycles. The van der Waals surface area contributed by atoms with Gasteiger partial charge in [0, 0.05) is 12.1 Å². The Balaban J connectivity index is 2.61. The third-order valence-electron chi connectivity index (χ3n) is 3.13. The zero-order chi connectivity index (χ0) is 17.8. The molecule has 1 aromatic heterocycles. The van der Waals surface area contributed by atoms with Crippen LogP contribution in [0.5, 0.6) is 5.88 Å². The van der Waals surface area contributed by atoms with Crippen LogP contribution in [-0.2, 0) is 4.79 Å². The second-order valence-corrected chi connectivity index (χ2v) is 6.35. The average Bonchev–Trinajstić information content (AvgIpc) is 2.53. The molecule has 0 aliphatic carbocycles. The number of carbonyl (C=O) groups excluding carboxylic acids is 1. The molecule has 0 atom stereocenters. The molecule has 0 unspecified atom stereocenters. The summed E-state index contributed by atoms with van der Waals surface area (Å²) >= 11 is 5.85. The Morgan fingerprint density at radius 3 is 2.79 bits per heavy atom. The molecule has 0 spiro atoms. The lowest BCUT2D eigenvalue weighted by atomic mass is 10.2. The maximum absolute atomic E-state index is 12.3. The van der Waals surface area contributed by atoms with E-state index in [1.165, 1.54) is 30.4 Å². The molecular formula is C19H27ClN2O2. The predicted octanol–water partition coefficient (Wildman–Crippen LogP) is 5.21. The van der Waals surface area contributed by atoms with Gasteiger partial charge in [-0.15, -0.1) is 0 Å². The van der Waals surface area contributed by atoms with Crippen molar-refractivity contribution in [2.45, 2.75) is 46.5 Å². The summed E-state index contributed by atoms with van der Waals surface area (Å²) in [4.78, 5) is 22.0. The molecule has 0 aliphatic rings. The Morgan fingerprint density at radius 1 is 1.33 bits per heavy atom. The van der Waals surface area contributed by atoms with Crippen LogP contribution in [-0.4, -0.2) is 22.5 Å². The van der Waals surface area contributed by atoms with E-state index in [0.29, 0.717) is 17.6 Å². The fourth-order valence-corrected chi connectivity index (χ4v) is 2.12. The molecule has 132 valence electrons. The summed E-state index contributed by atoms with van der Waals surface area (Å²) in [6, 6.07) is 5.06. The summed E-state index contributed by atoms with van der Waals surface area (Å²) in [6.45, 7) is 6.69. The quantitative estimate of drug-likeness (QED) is 0.191. The van der Waals surface area contributed by atoms with E-state index in [-0.39, 0.29) is 11.8 Å². The second-order valence-electron chi connectivity index (χ2n) is 5.97. The third kappa shape index (κ3) is 8.73. The number of hydroxylamine groups is 2. The highest BCUT2D eigenvalue weighted by molar-refractivity contribution is 6.29. The van der Waals surface area contributed by atoms with E-state index in [2.05, 4.69) is 18.0 Å². The number of amides is 1. The number of hydrogen-bond acceptors (Lipinski definition) is 3. The van der Waals surface area contributed by atoms with Crippen LogP contribution in [0, 0.1) is 5.92 Å². The number of hydrogen-bond donors (Lipinski definition) is 0. The predicted molar refractivity (Wildman–Crippen MR) is 98.8 cm³/mol. The molecule has 0 saturated carbocycles. The molecule has 0 bridgehead atoms. The van der Waals surface area contributed by atoms with Crippen molar-refractivity contribution >= 4 is 17.5 Å². The average molecular weight is 351 g/mol. The van der Waals surface area contributed by atoms with Gasteiger partial charge in [-0.1, -0.05) is 69.5 Å². The highest BCUT2D eigenvalue weighted by atomic mass is 35.5. The van der Waals surface area contributed by atoms with Crippen molar-refractivity contribution in [1.29, 1.82) is 0 Å². The Hall–Kier alpha value is -1.81. The van der Waals surface area contributed by atoms with E-state index >= 15 is 0 Å². The lowest BCUT2D eigenvalue weighted by Gasteiger charge is -2.22. The molecule has 1 amide bonds. The van der Waals surface area contributed by atoms with E-state index in [4.69, 9.17) is 16.4 Å². The molecule has 4 nitrogen and oxygen atoms in total. The van der Waals surface area contributed by atoms with Gasteiger partial charge in [0.05, 0.1) is 6.54 Å². The zero-order valence-electron chi connectivity index (χ0n) is 14.7. The second kappa shape index (κ2) is 11.7. The lowest BCUT2D eigenvalue weighted by Crippen LogP contribution is -2.36. The molecule has 0 saturated heterocycles. The summed E-state index contributed by atoms with van der Waals surface area (Å²) in [5, 5.41) is 1.64. The molecular weight excluding hydrogens is 324 g/mol. The summed E-state index contributed by atoms with van der Waals surface area (Å²) in [5.41, 5.74) is 0. The maximum Gasteiger partial charge on any atom is 0.279 e. The van der Waals surface area contributed by atoms with Gasteiger partial charge in [-0.2, -0.15) is 10.0 Å². The van der Waals surface area contributed by atoms with Crippen LogP contribution in [0.2, 0.25) is 5.15 Å². The van der Waals surface area contributed by atoms with E-state index in [0.717, 1.165) is 6.42 Å². The van der Waals surface area contributed by atoms with Gasteiger partial charge < -0.3 is 4.84 Å². The van der Waals surface area contributed by atoms with Gasteiger partial charge in [-0.25, -0.2) is 0 Å². The van der Waals surface area contributed by atoms with E-state index in [1.807, 2.05) is 19.9 Å². The molecule has 24 heavy (non-hydrogen) atoms. The first-order chi connectivity index (χ1) is 11.5. The molecule has 1 rings (SSSR count). The first-order valence-electron chi connectivity index (χ1n) is 8.48. The SMILES string of the molecule is CCCCC/C=C/C=C/C(=O)N(CC(C)C)Oc1cccc(Cl)n1. The summed E-state index contributed by atoms with van der Waals surface area (Å²) < 4.78 is 0. The van der Waals surface area contributed by atoms with Crippen LogP contribution in [0.3, 0.4) is 0 Å². The molecule has 0 radical (unpaired) electrons. The minimum Gasteiger partial charge on any atom is -0.356 e. The molecule has 0 fully saturated rings. The molecule has 1 aromatic rings. The minimum atomic E-state index is -0.219. The Bertz CT molecular complexity index is 556. The summed E-state index contributed by atoms with van der Waals surface area (Å²) in [5.74, 6) is 0.356. The third-order valence-corrected chi connectivity index (χ3v) is 3.34. The fraction of sp³-hybridized carbons (Fsp3) is 0.474. The molecule has 0 aliphatic heterocycles. The first kappa shape index (κ1) is 20.2. The van der Waals surface area contributed by atoms with E-state index in [1.54, 1.807) is 24.3 Å². The van der Waals surface area contributed by atoms with Gasteiger partial charge in [-0.3, -0.25) is 4.79 Å². The fourth-order valence-electron chi connectivity index (χ4n) is 1.97. The zero-order valence-corrected chi connectivity index (χ0v) is 15.5. The van der Waals surface area contributed by atoms with Gasteiger partial charge in [0.25, 0.3) is 5.91 Å². The molecule has 0 N–H and O–H groups in total. The highest BCUT2D eigenvalue weighted by Gasteiger charge is 2.15. The normalized spacial score (nSPS) is 11.5. The van der Waals surface area contributed by atoms with Gasteiger partial charge >= 0.3 is 0 Å². The van der Waals surface area contributed by atoms with Gasteiger partial charge in [0.1, 0.15) is 5.15 Å². The van der Waals surface area contributed by atoms with Gasteiger partial charge in [0.2, 0.25) is 5.88 Å². The monoisotopic (exact) mass is 350 g/mol. The molecule has 0 aromatic carbocycles. The van der Waals surface area contributed by atoms with Gasteiger partial charge in [0.15, 0.2) is 0 Å². The number of halogens is 1. The lowest BCUT2D eigenvalue weighted by molar-refractivity contribution is -0.153. The van der Waals surface area contributed by atoms with Crippen LogP contribution in [0.4, 0.5) is 0 Å². The number of nitrogens with zero attached hydrogens (tertiary/aromatic N) is 2. The van der Waals surface area contributed by atoms with Crippen LogP contribution in [0.15, 0.2) is 42.5 Å². The summed E-state index contributed by atoms with van der Waals surface area (Å²) in [6.07, 6.45) is 11.9. The number of pyridine rings is 1. The van der Waals surface area contributed by atoms with Crippen molar-refractivity contribution < 1.29 is 9.63 Å². The highest BCUT2D eigenvalue weighted by Crippen LogP contribution is 2.14. The Morgan fingerprint density at radius 2 is 2.12 bits per heavy atom. The Labute approximate surface area is 150 Å². The number of rotatable bonds is 10. The molecule has 5 heteroatoms. The van der Waals surface area contributed by atoms with Gasteiger partial charge in [-0.05, 0) is 24.8 Å². The summed E-state index contributed by atoms with van der Waals surface area (Å²) in [7, 11) is 0. The number of unbranched alkanes of at least 4 members (excludes halogenated alkanes) is 3. The van der Waals surface area contributed by atoms with Crippen LogP contribution in [0.25, 0.3) is 0 Å². The van der Waals surface area contributed by atoms with E-state index < -0.39 is 0 Å². The van der Waals surface area contributed by atoms with Crippen molar-refractivity contribution in [3.05, 3.63) is 47.7 Å². The minimum absolute atomic E-state index is 0.219. The van der Waals surface area contributed by atoms with Crippen molar-refractivity contribution in [1.82, 2.24) is 10.0 Å². The van der Waals surface area contributed by atoms with Crippen molar-refractivity contribution in [2.75, 3.05) is 6.54 Å². The van der Waals surface area contributed by atoms with Crippen LogP contribution in [0.1, 0.15) is 46.5 Å². The van der Waals surface area contributed by atoms with Crippen molar-refractivity contribution in [3.8, 4) is 5.88 Å².